The molecule has 7 heteroatoms. The zero-order valence-corrected chi connectivity index (χ0v) is 10.2. The SMILES string of the molecule is COCCN1C=CN(CCCOS(=O)O)C1. The molecule has 1 aliphatic heterocycles. The highest BCUT2D eigenvalue weighted by molar-refractivity contribution is 7.74. The van der Waals surface area contributed by atoms with Gasteiger partial charge < -0.3 is 14.5 Å². The lowest BCUT2D eigenvalue weighted by atomic mass is 10.4. The van der Waals surface area contributed by atoms with Gasteiger partial charge in [0.1, 0.15) is 0 Å². The molecule has 1 heterocycles. The summed E-state index contributed by atoms with van der Waals surface area (Å²) in [5.41, 5.74) is 0. The molecule has 16 heavy (non-hydrogen) atoms. The van der Waals surface area contributed by atoms with E-state index in [1.807, 2.05) is 12.4 Å². The first-order valence-corrected chi connectivity index (χ1v) is 6.15. The summed E-state index contributed by atoms with van der Waals surface area (Å²) in [7, 11) is 1.68. The van der Waals surface area contributed by atoms with Gasteiger partial charge in [0.2, 0.25) is 0 Å². The van der Waals surface area contributed by atoms with Gasteiger partial charge in [-0.1, -0.05) is 0 Å². The van der Waals surface area contributed by atoms with E-state index in [4.69, 9.17) is 9.29 Å². The van der Waals surface area contributed by atoms with E-state index in [1.165, 1.54) is 0 Å². The Morgan fingerprint density at radius 1 is 1.31 bits per heavy atom. The summed E-state index contributed by atoms with van der Waals surface area (Å²) in [5, 5.41) is 0. The molecule has 0 saturated carbocycles. The molecule has 0 aromatic rings. The molecule has 0 aromatic heterocycles. The smallest absolute Gasteiger partial charge is 0.301 e. The van der Waals surface area contributed by atoms with Crippen molar-refractivity contribution in [2.75, 3.05) is 40.1 Å². The average Bonchev–Trinajstić information content (AvgIpc) is 2.69. The van der Waals surface area contributed by atoms with Gasteiger partial charge in [-0.05, 0) is 6.42 Å². The van der Waals surface area contributed by atoms with Gasteiger partial charge in [0.25, 0.3) is 0 Å². The van der Waals surface area contributed by atoms with E-state index in [9.17, 15) is 4.21 Å². The molecule has 0 spiro atoms. The van der Waals surface area contributed by atoms with Crippen LogP contribution >= 0.6 is 0 Å². The van der Waals surface area contributed by atoms with Gasteiger partial charge in [0, 0.05) is 32.6 Å². The van der Waals surface area contributed by atoms with E-state index in [2.05, 4.69) is 14.0 Å². The fourth-order valence-electron chi connectivity index (χ4n) is 1.41. The summed E-state index contributed by atoms with van der Waals surface area (Å²) in [5.74, 6) is 0. The number of rotatable bonds is 8. The maximum atomic E-state index is 10.2. The van der Waals surface area contributed by atoms with Crippen LogP contribution in [0.1, 0.15) is 6.42 Å². The van der Waals surface area contributed by atoms with Gasteiger partial charge in [0.05, 0.1) is 19.9 Å². The molecule has 0 radical (unpaired) electrons. The van der Waals surface area contributed by atoms with E-state index in [-0.39, 0.29) is 0 Å². The fourth-order valence-corrected chi connectivity index (χ4v) is 1.67. The minimum absolute atomic E-state index is 0.297. The first kappa shape index (κ1) is 13.4. The average molecular weight is 250 g/mol. The molecular formula is C9H18N2O4S. The summed E-state index contributed by atoms with van der Waals surface area (Å²) in [4.78, 5) is 4.27. The highest BCUT2D eigenvalue weighted by Gasteiger charge is 2.10. The van der Waals surface area contributed by atoms with Crippen LogP contribution in [0.4, 0.5) is 0 Å². The standard InChI is InChI=1S/C9H18N2O4S/c1-14-8-6-11-5-4-10(9-11)3-2-7-15-16(12)13/h4-5H,2-3,6-9H2,1H3,(H,12,13). The fraction of sp³-hybridized carbons (Fsp3) is 0.778. The van der Waals surface area contributed by atoms with E-state index in [1.54, 1.807) is 7.11 Å². The molecule has 0 aliphatic carbocycles. The molecule has 0 aromatic carbocycles. The first-order valence-electron chi connectivity index (χ1n) is 5.12. The van der Waals surface area contributed by atoms with Crippen LogP contribution in [0.5, 0.6) is 0 Å². The molecular weight excluding hydrogens is 232 g/mol. The van der Waals surface area contributed by atoms with Gasteiger partial charge in [-0.2, -0.15) is 4.21 Å². The second-order valence-corrected chi connectivity index (χ2v) is 4.12. The van der Waals surface area contributed by atoms with Crippen LogP contribution in [0.25, 0.3) is 0 Å². The molecule has 0 fully saturated rings. The van der Waals surface area contributed by atoms with Crippen molar-refractivity contribution in [2.24, 2.45) is 0 Å². The largest absolute Gasteiger partial charge is 0.383 e. The minimum atomic E-state index is -2.14. The van der Waals surface area contributed by atoms with Crippen molar-refractivity contribution in [1.29, 1.82) is 0 Å². The first-order chi connectivity index (χ1) is 7.72. The third-order valence-electron chi connectivity index (χ3n) is 2.21. The summed E-state index contributed by atoms with van der Waals surface area (Å²) in [6.07, 6.45) is 4.75. The van der Waals surface area contributed by atoms with Crippen LogP contribution in [0, 0.1) is 0 Å². The molecule has 1 unspecified atom stereocenters. The lowest BCUT2D eigenvalue weighted by Gasteiger charge is -2.20. The molecule has 0 saturated heterocycles. The number of hydrogen-bond acceptors (Lipinski definition) is 5. The summed E-state index contributed by atoms with van der Waals surface area (Å²) in [6, 6.07) is 0. The van der Waals surface area contributed by atoms with Crippen molar-refractivity contribution in [3.8, 4) is 0 Å². The van der Waals surface area contributed by atoms with Crippen LogP contribution in [0.3, 0.4) is 0 Å². The van der Waals surface area contributed by atoms with Crippen molar-refractivity contribution in [3.63, 3.8) is 0 Å². The molecule has 1 rings (SSSR count). The lowest BCUT2D eigenvalue weighted by Crippen LogP contribution is -2.28. The van der Waals surface area contributed by atoms with Crippen LogP contribution in [-0.2, 0) is 20.3 Å². The molecule has 1 N–H and O–H groups in total. The van der Waals surface area contributed by atoms with Gasteiger partial charge in [0.15, 0.2) is 0 Å². The van der Waals surface area contributed by atoms with Crippen molar-refractivity contribution >= 4 is 11.4 Å². The molecule has 1 atom stereocenters. The zero-order valence-electron chi connectivity index (χ0n) is 9.37. The van der Waals surface area contributed by atoms with Gasteiger partial charge in [-0.25, -0.2) is 0 Å². The van der Waals surface area contributed by atoms with E-state index >= 15 is 0 Å². The van der Waals surface area contributed by atoms with E-state index in [0.717, 1.165) is 26.2 Å². The van der Waals surface area contributed by atoms with Crippen molar-refractivity contribution < 1.29 is 17.7 Å². The van der Waals surface area contributed by atoms with Gasteiger partial charge in [-0.15, -0.1) is 0 Å². The predicted molar refractivity (Wildman–Crippen MR) is 60.6 cm³/mol. The molecule has 0 amide bonds. The summed E-state index contributed by atoms with van der Waals surface area (Å²) >= 11 is -2.14. The normalized spacial score (nSPS) is 17.1. The number of methoxy groups -OCH3 is 1. The van der Waals surface area contributed by atoms with Gasteiger partial charge >= 0.3 is 11.4 Å². The summed E-state index contributed by atoms with van der Waals surface area (Å²) in [6.45, 7) is 3.54. The maximum absolute atomic E-state index is 10.2. The second kappa shape index (κ2) is 7.61. The van der Waals surface area contributed by atoms with Crippen LogP contribution in [0.2, 0.25) is 0 Å². The number of ether oxygens (including phenoxy) is 1. The van der Waals surface area contributed by atoms with Gasteiger partial charge in [-0.3, -0.25) is 8.74 Å². The zero-order chi connectivity index (χ0) is 11.8. The minimum Gasteiger partial charge on any atom is -0.383 e. The molecule has 0 bridgehead atoms. The van der Waals surface area contributed by atoms with E-state index in [0.29, 0.717) is 13.2 Å². The number of nitrogens with zero attached hydrogens (tertiary/aromatic N) is 2. The Morgan fingerprint density at radius 2 is 2.00 bits per heavy atom. The van der Waals surface area contributed by atoms with Crippen molar-refractivity contribution in [1.82, 2.24) is 9.80 Å². The molecule has 6 nitrogen and oxygen atoms in total. The Bertz CT molecular complexity index is 250. The highest BCUT2D eigenvalue weighted by Crippen LogP contribution is 2.06. The monoisotopic (exact) mass is 250 g/mol. The third kappa shape index (κ3) is 5.45. The second-order valence-electron chi connectivity index (χ2n) is 3.45. The van der Waals surface area contributed by atoms with Crippen LogP contribution in [-0.4, -0.2) is 58.6 Å². The maximum Gasteiger partial charge on any atom is 0.301 e. The Kier molecular flexibility index (Phi) is 6.39. The number of hydrogen-bond donors (Lipinski definition) is 1. The van der Waals surface area contributed by atoms with Crippen LogP contribution < -0.4 is 0 Å². The third-order valence-corrected chi connectivity index (χ3v) is 2.58. The quantitative estimate of drug-likeness (QED) is 0.491. The van der Waals surface area contributed by atoms with Crippen molar-refractivity contribution in [2.45, 2.75) is 6.42 Å². The predicted octanol–water partition coefficient (Wildman–Crippen LogP) is 0.223. The Morgan fingerprint density at radius 3 is 2.62 bits per heavy atom. The molecule has 1 aliphatic rings. The van der Waals surface area contributed by atoms with Crippen LogP contribution in [0.15, 0.2) is 12.4 Å². The topological polar surface area (TPSA) is 62.2 Å². The lowest BCUT2D eigenvalue weighted by molar-refractivity contribution is 0.155. The van der Waals surface area contributed by atoms with Crippen molar-refractivity contribution in [3.05, 3.63) is 12.4 Å². The Hall–Kier alpha value is -0.630. The highest BCUT2D eigenvalue weighted by atomic mass is 32.2. The molecule has 94 valence electrons. The van der Waals surface area contributed by atoms with E-state index < -0.39 is 11.4 Å². The Labute approximate surface area is 98.3 Å². The Balaban J connectivity index is 2.04. The summed E-state index contributed by atoms with van der Waals surface area (Å²) < 4.78 is 28.1.